The highest BCUT2D eigenvalue weighted by atomic mass is 16.6. The lowest BCUT2D eigenvalue weighted by Crippen LogP contribution is -2.48. The minimum atomic E-state index is -0.703. The Morgan fingerprint density at radius 2 is 1.64 bits per heavy atom. The molecule has 28 heavy (non-hydrogen) atoms. The molecule has 1 fully saturated rings. The fourth-order valence-corrected chi connectivity index (χ4v) is 3.03. The minimum absolute atomic E-state index is 0.0617. The van der Waals surface area contributed by atoms with Gasteiger partial charge in [0.1, 0.15) is 11.5 Å². The predicted octanol–water partition coefficient (Wildman–Crippen LogP) is 2.41. The van der Waals surface area contributed by atoms with Gasteiger partial charge in [0.05, 0.1) is 6.61 Å². The van der Waals surface area contributed by atoms with E-state index in [4.69, 9.17) is 14.2 Å². The Labute approximate surface area is 164 Å². The van der Waals surface area contributed by atoms with E-state index in [2.05, 4.69) is 17.6 Å². The maximum atomic E-state index is 11.9. The highest BCUT2D eigenvalue weighted by Crippen LogP contribution is 2.23. The summed E-state index contributed by atoms with van der Waals surface area (Å²) >= 11 is 0. The quantitative estimate of drug-likeness (QED) is 0.659. The van der Waals surface area contributed by atoms with Gasteiger partial charge < -0.3 is 19.5 Å². The number of carbonyl (C=O) groups is 3. The number of imide groups is 1. The molecule has 2 N–H and O–H groups in total. The zero-order valence-electron chi connectivity index (χ0n) is 16.4. The lowest BCUT2D eigenvalue weighted by atomic mass is 9.86. The molecule has 0 aliphatic heterocycles. The number of hydrogen-bond acceptors (Lipinski definition) is 6. The average molecular weight is 392 g/mol. The second-order valence-electron chi connectivity index (χ2n) is 6.74. The number of carbonyl (C=O) groups excluding carboxylic acids is 3. The van der Waals surface area contributed by atoms with Gasteiger partial charge in [-0.05, 0) is 49.9 Å². The normalized spacial score (nSPS) is 18.6. The van der Waals surface area contributed by atoms with Gasteiger partial charge in [-0.25, -0.2) is 9.59 Å². The van der Waals surface area contributed by atoms with Crippen molar-refractivity contribution in [1.82, 2.24) is 10.6 Å². The highest BCUT2D eigenvalue weighted by Gasteiger charge is 2.23. The zero-order chi connectivity index (χ0) is 20.4. The monoisotopic (exact) mass is 392 g/mol. The Kier molecular flexibility index (Phi) is 8.58. The van der Waals surface area contributed by atoms with Crippen LogP contribution in [0.15, 0.2) is 24.3 Å². The minimum Gasteiger partial charge on any atom is -0.494 e. The van der Waals surface area contributed by atoms with Crippen LogP contribution in [0.3, 0.4) is 0 Å². The van der Waals surface area contributed by atoms with E-state index in [1.165, 1.54) is 0 Å². The number of hydrogen-bond donors (Lipinski definition) is 2. The molecule has 1 aromatic rings. The number of ether oxygens (including phenoxy) is 3. The maximum absolute atomic E-state index is 11.9. The van der Waals surface area contributed by atoms with Crippen molar-refractivity contribution in [3.63, 3.8) is 0 Å². The summed E-state index contributed by atoms with van der Waals surface area (Å²) in [5, 5.41) is 4.98. The molecule has 154 valence electrons. The molecular weight excluding hydrogens is 364 g/mol. The van der Waals surface area contributed by atoms with E-state index in [0.29, 0.717) is 24.0 Å². The second-order valence-corrected chi connectivity index (χ2v) is 6.74. The topological polar surface area (TPSA) is 103 Å². The van der Waals surface area contributed by atoms with Crippen LogP contribution in [0.2, 0.25) is 0 Å². The standard InChI is InChI=1S/C20H28N2O6/c1-3-26-15-8-10-16(11-9-15)27-13-19(24)28-12-18(23)22-20(25)21-17-7-5-4-6-14(17)2/h8-11,14,17H,3-7,12-13H2,1-2H3,(H2,21,22,23,25)/t14-,17-/m0/s1. The predicted molar refractivity (Wildman–Crippen MR) is 102 cm³/mol. The van der Waals surface area contributed by atoms with Crippen molar-refractivity contribution in [2.45, 2.75) is 45.6 Å². The van der Waals surface area contributed by atoms with Crippen molar-refractivity contribution in [3.8, 4) is 11.5 Å². The average Bonchev–Trinajstić information content (AvgIpc) is 2.68. The molecule has 0 unspecified atom stereocenters. The van der Waals surface area contributed by atoms with E-state index in [0.717, 1.165) is 25.7 Å². The van der Waals surface area contributed by atoms with Crippen LogP contribution < -0.4 is 20.1 Å². The van der Waals surface area contributed by atoms with Crippen LogP contribution in [0.25, 0.3) is 0 Å². The van der Waals surface area contributed by atoms with Gasteiger partial charge in [0.15, 0.2) is 13.2 Å². The van der Waals surface area contributed by atoms with Crippen molar-refractivity contribution < 1.29 is 28.6 Å². The van der Waals surface area contributed by atoms with Crippen molar-refractivity contribution in [2.75, 3.05) is 19.8 Å². The summed E-state index contributed by atoms with van der Waals surface area (Å²) < 4.78 is 15.4. The fourth-order valence-electron chi connectivity index (χ4n) is 3.03. The first-order chi connectivity index (χ1) is 13.5. The summed E-state index contributed by atoms with van der Waals surface area (Å²) in [5.41, 5.74) is 0. The third kappa shape index (κ3) is 7.46. The Bertz CT molecular complexity index is 661. The third-order valence-corrected chi connectivity index (χ3v) is 4.54. The number of benzene rings is 1. The summed E-state index contributed by atoms with van der Waals surface area (Å²) in [6, 6.07) is 6.28. The molecule has 2 atom stereocenters. The molecule has 3 amide bonds. The van der Waals surface area contributed by atoms with Crippen molar-refractivity contribution in [1.29, 1.82) is 0 Å². The molecule has 1 aliphatic rings. The molecule has 1 aliphatic carbocycles. The van der Waals surface area contributed by atoms with E-state index in [9.17, 15) is 14.4 Å². The van der Waals surface area contributed by atoms with Crippen LogP contribution in [0.1, 0.15) is 39.5 Å². The Balaban J connectivity index is 1.63. The smallest absolute Gasteiger partial charge is 0.344 e. The molecule has 0 spiro atoms. The van der Waals surface area contributed by atoms with Gasteiger partial charge in [-0.3, -0.25) is 10.1 Å². The van der Waals surface area contributed by atoms with Crippen LogP contribution in [0.5, 0.6) is 11.5 Å². The summed E-state index contributed by atoms with van der Waals surface area (Å²) in [6.07, 6.45) is 4.19. The first kappa shape index (κ1) is 21.5. The van der Waals surface area contributed by atoms with Crippen molar-refractivity contribution in [2.24, 2.45) is 5.92 Å². The number of esters is 1. The maximum Gasteiger partial charge on any atom is 0.344 e. The van der Waals surface area contributed by atoms with Gasteiger partial charge in [0.2, 0.25) is 0 Å². The van der Waals surface area contributed by atoms with E-state index >= 15 is 0 Å². The fraction of sp³-hybridized carbons (Fsp3) is 0.550. The molecular formula is C20H28N2O6. The van der Waals surface area contributed by atoms with Gasteiger partial charge in [0, 0.05) is 6.04 Å². The molecule has 0 heterocycles. The van der Waals surface area contributed by atoms with E-state index in [1.54, 1.807) is 24.3 Å². The summed E-state index contributed by atoms with van der Waals surface area (Å²) in [5.74, 6) is 0.175. The van der Waals surface area contributed by atoms with Gasteiger partial charge in [-0.1, -0.05) is 19.8 Å². The van der Waals surface area contributed by atoms with E-state index in [1.807, 2.05) is 6.92 Å². The molecule has 0 aromatic heterocycles. The first-order valence-corrected chi connectivity index (χ1v) is 9.59. The van der Waals surface area contributed by atoms with Gasteiger partial charge in [0.25, 0.3) is 5.91 Å². The summed E-state index contributed by atoms with van der Waals surface area (Å²) in [4.78, 5) is 35.3. The third-order valence-electron chi connectivity index (χ3n) is 4.54. The number of amides is 3. The van der Waals surface area contributed by atoms with Crippen molar-refractivity contribution >= 4 is 17.9 Å². The molecule has 0 bridgehead atoms. The molecule has 2 rings (SSSR count). The van der Waals surface area contributed by atoms with Crippen molar-refractivity contribution in [3.05, 3.63) is 24.3 Å². The highest BCUT2D eigenvalue weighted by molar-refractivity contribution is 5.95. The van der Waals surface area contributed by atoms with Crippen LogP contribution in [-0.4, -0.2) is 43.8 Å². The number of urea groups is 1. The van der Waals surface area contributed by atoms with Crippen LogP contribution >= 0.6 is 0 Å². The summed E-state index contributed by atoms with van der Waals surface area (Å²) in [6.45, 7) is 3.65. The van der Waals surface area contributed by atoms with Crippen LogP contribution in [0, 0.1) is 5.92 Å². The molecule has 8 nitrogen and oxygen atoms in total. The van der Waals surface area contributed by atoms with Gasteiger partial charge in [-0.2, -0.15) is 0 Å². The first-order valence-electron chi connectivity index (χ1n) is 9.59. The largest absolute Gasteiger partial charge is 0.494 e. The lowest BCUT2D eigenvalue weighted by Gasteiger charge is -2.29. The van der Waals surface area contributed by atoms with Gasteiger partial charge >= 0.3 is 12.0 Å². The SMILES string of the molecule is CCOc1ccc(OCC(=O)OCC(=O)NC(=O)N[C@H]2CCCC[C@@H]2C)cc1. The lowest BCUT2D eigenvalue weighted by molar-refractivity contribution is -0.150. The molecule has 1 aromatic carbocycles. The molecule has 8 heteroatoms. The molecule has 0 radical (unpaired) electrons. The Morgan fingerprint density at radius 1 is 1.00 bits per heavy atom. The second kappa shape index (κ2) is 11.2. The number of nitrogens with one attached hydrogen (secondary N) is 2. The Hall–Kier alpha value is -2.77. The van der Waals surface area contributed by atoms with Gasteiger partial charge in [-0.15, -0.1) is 0 Å². The summed E-state index contributed by atoms with van der Waals surface area (Å²) in [7, 11) is 0. The zero-order valence-corrected chi connectivity index (χ0v) is 16.4. The molecule has 1 saturated carbocycles. The molecule has 0 saturated heterocycles. The Morgan fingerprint density at radius 3 is 2.29 bits per heavy atom. The van der Waals surface area contributed by atoms with E-state index in [-0.39, 0.29) is 12.6 Å². The van der Waals surface area contributed by atoms with Crippen LogP contribution in [0.4, 0.5) is 4.79 Å². The van der Waals surface area contributed by atoms with Crippen LogP contribution in [-0.2, 0) is 14.3 Å². The number of rotatable bonds is 8. The van der Waals surface area contributed by atoms with E-state index < -0.39 is 24.5 Å².